The van der Waals surface area contributed by atoms with Gasteiger partial charge in [-0.15, -0.1) is 0 Å². The number of fused-ring (bicyclic) bond motifs is 1. The van der Waals surface area contributed by atoms with Gasteiger partial charge in [-0.3, -0.25) is 4.79 Å². The first-order valence-electron chi connectivity index (χ1n) is 6.67. The third kappa shape index (κ3) is 2.38. The number of amides is 1. The molecular formula is C16H15NO4. The summed E-state index contributed by atoms with van der Waals surface area (Å²) in [5, 5.41) is 29.1. The van der Waals surface area contributed by atoms with E-state index in [1.54, 1.807) is 17.0 Å². The van der Waals surface area contributed by atoms with Gasteiger partial charge in [0.15, 0.2) is 0 Å². The average Bonchev–Trinajstić information content (AvgIpc) is 2.46. The first-order chi connectivity index (χ1) is 10.1. The lowest BCUT2D eigenvalue weighted by Gasteiger charge is -2.29. The summed E-state index contributed by atoms with van der Waals surface area (Å²) in [6, 6.07) is 9.34. The molecule has 0 saturated carbocycles. The number of rotatable bonds is 1. The fourth-order valence-electron chi connectivity index (χ4n) is 2.62. The molecule has 3 N–H and O–H groups in total. The van der Waals surface area contributed by atoms with Gasteiger partial charge in [0.25, 0.3) is 5.91 Å². The summed E-state index contributed by atoms with van der Waals surface area (Å²) in [5.74, 6) is -0.726. The molecule has 0 bridgehead atoms. The average molecular weight is 285 g/mol. The van der Waals surface area contributed by atoms with E-state index < -0.39 is 5.91 Å². The molecule has 2 aromatic rings. The molecule has 0 radical (unpaired) electrons. The van der Waals surface area contributed by atoms with Crippen LogP contribution in [0.2, 0.25) is 0 Å². The van der Waals surface area contributed by atoms with Gasteiger partial charge in [-0.05, 0) is 41.8 Å². The fraction of sp³-hybridized carbons (Fsp3) is 0.188. The summed E-state index contributed by atoms with van der Waals surface area (Å²) in [6.45, 7) is 0.848. The number of hydrogen-bond acceptors (Lipinski definition) is 4. The Kier molecular flexibility index (Phi) is 3.17. The van der Waals surface area contributed by atoms with E-state index in [4.69, 9.17) is 0 Å². The van der Waals surface area contributed by atoms with Gasteiger partial charge in [-0.1, -0.05) is 12.1 Å². The summed E-state index contributed by atoms with van der Waals surface area (Å²) in [7, 11) is 0. The van der Waals surface area contributed by atoms with Crippen LogP contribution < -0.4 is 0 Å². The number of aromatic hydroxyl groups is 3. The maximum Gasteiger partial charge on any atom is 0.261 e. The van der Waals surface area contributed by atoms with Gasteiger partial charge in [0.1, 0.15) is 22.8 Å². The van der Waals surface area contributed by atoms with Crippen LogP contribution in [0.15, 0.2) is 36.4 Å². The minimum Gasteiger partial charge on any atom is -0.508 e. The monoisotopic (exact) mass is 285 g/mol. The Morgan fingerprint density at radius 3 is 2.43 bits per heavy atom. The lowest BCUT2D eigenvalue weighted by molar-refractivity contribution is 0.0728. The lowest BCUT2D eigenvalue weighted by Crippen LogP contribution is -2.36. The predicted octanol–water partition coefficient (Wildman–Crippen LogP) is 2.00. The normalized spacial score (nSPS) is 13.8. The molecule has 0 saturated heterocycles. The lowest BCUT2D eigenvalue weighted by atomic mass is 9.98. The van der Waals surface area contributed by atoms with Crippen LogP contribution in [-0.4, -0.2) is 32.7 Å². The van der Waals surface area contributed by atoms with E-state index in [-0.39, 0.29) is 22.8 Å². The molecule has 2 aromatic carbocycles. The number of carbonyl (C=O) groups is 1. The van der Waals surface area contributed by atoms with Crippen molar-refractivity contribution in [2.24, 2.45) is 0 Å². The maximum absolute atomic E-state index is 12.5. The van der Waals surface area contributed by atoms with E-state index in [9.17, 15) is 20.1 Å². The Balaban J connectivity index is 1.91. The van der Waals surface area contributed by atoms with Gasteiger partial charge < -0.3 is 20.2 Å². The number of phenolic OH excluding ortho intramolecular Hbond substituents is 3. The van der Waals surface area contributed by atoms with Gasteiger partial charge in [0, 0.05) is 13.1 Å². The summed E-state index contributed by atoms with van der Waals surface area (Å²) >= 11 is 0. The molecule has 5 heteroatoms. The molecule has 21 heavy (non-hydrogen) atoms. The first kappa shape index (κ1) is 13.3. The Labute approximate surface area is 121 Å². The number of nitrogens with zero attached hydrogens (tertiary/aromatic N) is 1. The van der Waals surface area contributed by atoms with E-state index in [1.165, 1.54) is 18.2 Å². The molecule has 0 fully saturated rings. The van der Waals surface area contributed by atoms with Crippen molar-refractivity contribution in [3.8, 4) is 17.2 Å². The zero-order chi connectivity index (χ0) is 15.0. The highest BCUT2D eigenvalue weighted by atomic mass is 16.3. The van der Waals surface area contributed by atoms with Crippen molar-refractivity contribution in [1.82, 2.24) is 4.90 Å². The van der Waals surface area contributed by atoms with Crippen LogP contribution in [-0.2, 0) is 13.0 Å². The molecule has 1 amide bonds. The van der Waals surface area contributed by atoms with Crippen molar-refractivity contribution < 1.29 is 20.1 Å². The van der Waals surface area contributed by atoms with E-state index in [0.717, 1.165) is 11.1 Å². The summed E-state index contributed by atoms with van der Waals surface area (Å²) < 4.78 is 0. The van der Waals surface area contributed by atoms with Gasteiger partial charge in [-0.2, -0.15) is 0 Å². The Morgan fingerprint density at radius 1 is 1.00 bits per heavy atom. The van der Waals surface area contributed by atoms with Gasteiger partial charge >= 0.3 is 0 Å². The number of carbonyl (C=O) groups excluding carboxylic acids is 1. The quantitative estimate of drug-likeness (QED) is 0.748. The number of benzene rings is 2. The minimum atomic E-state index is -0.417. The van der Waals surface area contributed by atoms with Crippen LogP contribution in [0.5, 0.6) is 17.2 Å². The van der Waals surface area contributed by atoms with Gasteiger partial charge in [0.2, 0.25) is 0 Å². The largest absolute Gasteiger partial charge is 0.508 e. The minimum absolute atomic E-state index is 0.0823. The summed E-state index contributed by atoms with van der Waals surface area (Å²) in [5.41, 5.74) is 1.89. The Bertz CT molecular complexity index is 691. The molecule has 0 atom stereocenters. The van der Waals surface area contributed by atoms with Crippen molar-refractivity contribution >= 4 is 5.91 Å². The molecular weight excluding hydrogens is 270 g/mol. The first-order valence-corrected chi connectivity index (χ1v) is 6.67. The van der Waals surface area contributed by atoms with Crippen LogP contribution in [0.3, 0.4) is 0 Å². The van der Waals surface area contributed by atoms with Crippen LogP contribution in [0, 0.1) is 0 Å². The smallest absolute Gasteiger partial charge is 0.261 e. The van der Waals surface area contributed by atoms with Crippen molar-refractivity contribution in [3.05, 3.63) is 53.1 Å². The Hall–Kier alpha value is -2.69. The maximum atomic E-state index is 12.5. The fourth-order valence-corrected chi connectivity index (χ4v) is 2.62. The third-order valence-corrected chi connectivity index (χ3v) is 3.72. The second-order valence-corrected chi connectivity index (χ2v) is 5.10. The zero-order valence-electron chi connectivity index (χ0n) is 11.3. The van der Waals surface area contributed by atoms with Crippen molar-refractivity contribution in [1.29, 1.82) is 0 Å². The highest BCUT2D eigenvalue weighted by Crippen LogP contribution is 2.30. The van der Waals surface area contributed by atoms with Crippen LogP contribution >= 0.6 is 0 Å². The second kappa shape index (κ2) is 5.01. The molecule has 3 rings (SSSR count). The summed E-state index contributed by atoms with van der Waals surface area (Å²) in [6.07, 6.45) is 0.676. The predicted molar refractivity (Wildman–Crippen MR) is 76.3 cm³/mol. The van der Waals surface area contributed by atoms with E-state index in [0.29, 0.717) is 19.5 Å². The molecule has 1 aliphatic heterocycles. The third-order valence-electron chi connectivity index (χ3n) is 3.72. The van der Waals surface area contributed by atoms with Gasteiger partial charge in [0.05, 0.1) is 0 Å². The highest BCUT2D eigenvalue weighted by molar-refractivity contribution is 5.99. The van der Waals surface area contributed by atoms with Crippen LogP contribution in [0.1, 0.15) is 21.5 Å². The van der Waals surface area contributed by atoms with E-state index in [2.05, 4.69) is 0 Å². The molecule has 0 aliphatic carbocycles. The molecule has 0 spiro atoms. The zero-order valence-corrected chi connectivity index (χ0v) is 11.3. The molecule has 1 aliphatic rings. The molecule has 0 aromatic heterocycles. The number of phenols is 3. The number of hydrogen-bond donors (Lipinski definition) is 3. The second-order valence-electron chi connectivity index (χ2n) is 5.10. The van der Waals surface area contributed by atoms with Crippen molar-refractivity contribution in [3.63, 3.8) is 0 Å². The van der Waals surface area contributed by atoms with E-state index in [1.807, 2.05) is 6.07 Å². The van der Waals surface area contributed by atoms with Crippen molar-refractivity contribution in [2.75, 3.05) is 6.54 Å². The SMILES string of the molecule is O=C(c1c(O)cccc1O)N1CCc2ccc(O)cc2C1. The Morgan fingerprint density at radius 2 is 1.71 bits per heavy atom. The standard InChI is InChI=1S/C16H15NO4/c18-12-5-4-10-6-7-17(9-11(10)8-12)16(21)15-13(19)2-1-3-14(15)20/h1-5,8,18-20H,6-7,9H2. The molecule has 108 valence electrons. The van der Waals surface area contributed by atoms with E-state index >= 15 is 0 Å². The molecule has 1 heterocycles. The van der Waals surface area contributed by atoms with Gasteiger partial charge in [-0.25, -0.2) is 0 Å². The molecule has 0 unspecified atom stereocenters. The summed E-state index contributed by atoms with van der Waals surface area (Å²) in [4.78, 5) is 14.0. The van der Waals surface area contributed by atoms with Crippen molar-refractivity contribution in [2.45, 2.75) is 13.0 Å². The van der Waals surface area contributed by atoms with Crippen LogP contribution in [0.4, 0.5) is 0 Å². The molecule has 5 nitrogen and oxygen atoms in total. The highest BCUT2D eigenvalue weighted by Gasteiger charge is 2.26. The van der Waals surface area contributed by atoms with Crippen LogP contribution in [0.25, 0.3) is 0 Å². The topological polar surface area (TPSA) is 81.0 Å².